The summed E-state index contributed by atoms with van der Waals surface area (Å²) in [5, 5.41) is 3.80. The standard InChI is InChI=1S/C26H22F2N4S/c1-16-15-20(17(2)31(16)19-12-10-18(27)11-13-19)25-24(22-8-5-6-14-29-22)30-26(33)32(25)23-9-4-3-7-21(23)28/h3-15,24-25H,1-2H3,(H,30,33)/t24-,25+/m0/s1. The van der Waals surface area contributed by atoms with E-state index in [4.69, 9.17) is 12.2 Å². The van der Waals surface area contributed by atoms with Crippen LogP contribution in [0.1, 0.15) is 34.7 Å². The fraction of sp³-hybridized carbons (Fsp3) is 0.154. The number of anilines is 1. The highest BCUT2D eigenvalue weighted by Gasteiger charge is 2.43. The normalized spacial score (nSPS) is 17.9. The van der Waals surface area contributed by atoms with E-state index in [9.17, 15) is 8.78 Å². The number of aromatic nitrogens is 2. The molecule has 4 aromatic rings. The van der Waals surface area contributed by atoms with E-state index in [1.54, 1.807) is 36.5 Å². The predicted molar refractivity (Wildman–Crippen MR) is 130 cm³/mol. The highest BCUT2D eigenvalue weighted by molar-refractivity contribution is 7.80. The second-order valence-corrected chi connectivity index (χ2v) is 8.47. The van der Waals surface area contributed by atoms with Gasteiger partial charge in [-0.25, -0.2) is 8.78 Å². The topological polar surface area (TPSA) is 33.1 Å². The Morgan fingerprint density at radius 2 is 1.67 bits per heavy atom. The highest BCUT2D eigenvalue weighted by Crippen LogP contribution is 2.44. The van der Waals surface area contributed by atoms with Gasteiger partial charge in [-0.05, 0) is 86.2 Å². The van der Waals surface area contributed by atoms with Gasteiger partial charge < -0.3 is 14.8 Å². The van der Waals surface area contributed by atoms with E-state index in [2.05, 4.69) is 20.9 Å². The molecule has 0 aliphatic carbocycles. The summed E-state index contributed by atoms with van der Waals surface area (Å²) in [6, 6.07) is 20.2. The van der Waals surface area contributed by atoms with Crippen LogP contribution in [0.15, 0.2) is 79.0 Å². The molecule has 1 N–H and O–H groups in total. The largest absolute Gasteiger partial charge is 0.351 e. The molecule has 4 nitrogen and oxygen atoms in total. The summed E-state index contributed by atoms with van der Waals surface area (Å²) in [4.78, 5) is 6.39. The summed E-state index contributed by atoms with van der Waals surface area (Å²) in [5.74, 6) is -0.631. The van der Waals surface area contributed by atoms with E-state index >= 15 is 0 Å². The Labute approximate surface area is 196 Å². The molecule has 7 heteroatoms. The van der Waals surface area contributed by atoms with Crippen LogP contribution < -0.4 is 10.2 Å². The fourth-order valence-corrected chi connectivity index (χ4v) is 4.99. The monoisotopic (exact) mass is 460 g/mol. The first-order valence-electron chi connectivity index (χ1n) is 10.7. The molecule has 1 fully saturated rings. The van der Waals surface area contributed by atoms with Crippen LogP contribution in [0.5, 0.6) is 0 Å². The molecule has 5 rings (SSSR count). The summed E-state index contributed by atoms with van der Waals surface area (Å²) in [5.41, 5.74) is 5.03. The van der Waals surface area contributed by atoms with Gasteiger partial charge in [-0.3, -0.25) is 4.98 Å². The molecule has 3 heterocycles. The molecule has 1 saturated heterocycles. The van der Waals surface area contributed by atoms with Crippen molar-refractivity contribution in [1.29, 1.82) is 0 Å². The molecule has 0 unspecified atom stereocenters. The van der Waals surface area contributed by atoms with Crippen LogP contribution in [0.4, 0.5) is 14.5 Å². The minimum absolute atomic E-state index is 0.277. The zero-order valence-corrected chi connectivity index (χ0v) is 19.0. The lowest BCUT2D eigenvalue weighted by Gasteiger charge is -2.28. The second-order valence-electron chi connectivity index (χ2n) is 8.09. The number of hydrogen-bond acceptors (Lipinski definition) is 2. The van der Waals surface area contributed by atoms with Crippen molar-refractivity contribution in [1.82, 2.24) is 14.9 Å². The molecular weight excluding hydrogens is 438 g/mol. The minimum Gasteiger partial charge on any atom is -0.351 e. The number of halogens is 2. The first-order chi connectivity index (χ1) is 16.0. The van der Waals surface area contributed by atoms with Gasteiger partial charge in [0.1, 0.15) is 11.6 Å². The lowest BCUT2D eigenvalue weighted by Crippen LogP contribution is -2.30. The Bertz CT molecular complexity index is 1320. The van der Waals surface area contributed by atoms with Crippen molar-refractivity contribution in [2.75, 3.05) is 4.90 Å². The lowest BCUT2D eigenvalue weighted by molar-refractivity contribution is 0.556. The van der Waals surface area contributed by atoms with Gasteiger partial charge in [-0.1, -0.05) is 18.2 Å². The van der Waals surface area contributed by atoms with Crippen molar-refractivity contribution in [3.05, 3.63) is 113 Å². The van der Waals surface area contributed by atoms with Gasteiger partial charge in [0, 0.05) is 23.3 Å². The van der Waals surface area contributed by atoms with E-state index in [0.29, 0.717) is 10.8 Å². The highest BCUT2D eigenvalue weighted by atomic mass is 32.1. The Morgan fingerprint density at radius 1 is 0.939 bits per heavy atom. The molecule has 0 amide bonds. The first kappa shape index (κ1) is 21.3. The molecule has 0 spiro atoms. The predicted octanol–water partition coefficient (Wildman–Crippen LogP) is 5.94. The van der Waals surface area contributed by atoms with Gasteiger partial charge >= 0.3 is 0 Å². The van der Waals surface area contributed by atoms with E-state index in [1.165, 1.54) is 18.2 Å². The van der Waals surface area contributed by atoms with E-state index in [-0.39, 0.29) is 23.7 Å². The number of rotatable bonds is 4. The van der Waals surface area contributed by atoms with E-state index in [0.717, 1.165) is 28.3 Å². The Morgan fingerprint density at radius 3 is 2.36 bits per heavy atom. The Hall–Kier alpha value is -3.58. The molecule has 0 bridgehead atoms. The van der Waals surface area contributed by atoms with Crippen molar-refractivity contribution in [2.45, 2.75) is 25.9 Å². The number of hydrogen-bond donors (Lipinski definition) is 1. The smallest absolute Gasteiger partial charge is 0.174 e. The van der Waals surface area contributed by atoms with Crippen LogP contribution in [0.2, 0.25) is 0 Å². The third-order valence-electron chi connectivity index (χ3n) is 6.08. The number of para-hydroxylation sites is 1. The Balaban J connectivity index is 1.69. The SMILES string of the molecule is Cc1cc([C@@H]2[C@H](c3ccccn3)NC(=S)N2c2ccccc2F)c(C)n1-c1ccc(F)cc1. The fourth-order valence-electron chi connectivity index (χ4n) is 4.65. The Kier molecular flexibility index (Phi) is 5.42. The molecule has 1 aliphatic rings. The van der Waals surface area contributed by atoms with Crippen LogP contribution >= 0.6 is 12.2 Å². The van der Waals surface area contributed by atoms with Gasteiger partial charge in [-0.15, -0.1) is 0 Å². The van der Waals surface area contributed by atoms with Crippen LogP contribution in [-0.4, -0.2) is 14.7 Å². The van der Waals surface area contributed by atoms with Gasteiger partial charge in [0.25, 0.3) is 0 Å². The quantitative estimate of drug-likeness (QED) is 0.382. The molecule has 1 aliphatic heterocycles. The summed E-state index contributed by atoms with van der Waals surface area (Å²) in [6.45, 7) is 4.02. The van der Waals surface area contributed by atoms with Gasteiger partial charge in [0.15, 0.2) is 5.11 Å². The van der Waals surface area contributed by atoms with Crippen molar-refractivity contribution in [2.24, 2.45) is 0 Å². The van der Waals surface area contributed by atoms with E-state index < -0.39 is 0 Å². The third-order valence-corrected chi connectivity index (χ3v) is 6.40. The maximum Gasteiger partial charge on any atom is 0.174 e. The minimum atomic E-state index is -0.347. The van der Waals surface area contributed by atoms with Crippen molar-refractivity contribution < 1.29 is 8.78 Å². The number of pyridine rings is 1. The molecule has 2 aromatic carbocycles. The van der Waals surface area contributed by atoms with E-state index in [1.807, 2.05) is 36.9 Å². The van der Waals surface area contributed by atoms with Crippen LogP contribution in [0, 0.1) is 25.5 Å². The van der Waals surface area contributed by atoms with Crippen LogP contribution in [-0.2, 0) is 0 Å². The molecule has 2 atom stereocenters. The molecule has 33 heavy (non-hydrogen) atoms. The molecule has 0 radical (unpaired) electrons. The first-order valence-corrected chi connectivity index (χ1v) is 11.1. The zero-order chi connectivity index (χ0) is 23.1. The van der Waals surface area contributed by atoms with Crippen molar-refractivity contribution >= 4 is 23.0 Å². The maximum absolute atomic E-state index is 14.9. The molecular formula is C26H22F2N4S. The van der Waals surface area contributed by atoms with Crippen molar-refractivity contribution in [3.63, 3.8) is 0 Å². The maximum atomic E-state index is 14.9. The average molecular weight is 461 g/mol. The zero-order valence-electron chi connectivity index (χ0n) is 18.2. The van der Waals surface area contributed by atoms with Gasteiger partial charge in [-0.2, -0.15) is 0 Å². The summed E-state index contributed by atoms with van der Waals surface area (Å²) in [6.07, 6.45) is 1.74. The second kappa shape index (κ2) is 8.41. The molecule has 0 saturated carbocycles. The van der Waals surface area contributed by atoms with Crippen LogP contribution in [0.25, 0.3) is 5.69 Å². The molecule has 2 aromatic heterocycles. The lowest BCUT2D eigenvalue weighted by atomic mass is 9.96. The molecule has 166 valence electrons. The van der Waals surface area contributed by atoms with Gasteiger partial charge in [0.2, 0.25) is 0 Å². The summed E-state index contributed by atoms with van der Waals surface area (Å²) < 4.78 is 30.5. The average Bonchev–Trinajstić information content (AvgIpc) is 3.31. The number of thiocarbonyl (C=S) groups is 1. The number of benzene rings is 2. The van der Waals surface area contributed by atoms with Crippen LogP contribution in [0.3, 0.4) is 0 Å². The number of aryl methyl sites for hydroxylation is 1. The number of nitrogens with zero attached hydrogens (tertiary/aromatic N) is 3. The summed E-state index contributed by atoms with van der Waals surface area (Å²) >= 11 is 5.70. The summed E-state index contributed by atoms with van der Waals surface area (Å²) in [7, 11) is 0. The number of nitrogens with one attached hydrogen (secondary N) is 1. The third kappa shape index (κ3) is 3.68. The van der Waals surface area contributed by atoms with Crippen molar-refractivity contribution in [3.8, 4) is 5.69 Å². The van der Waals surface area contributed by atoms with Gasteiger partial charge in [0.05, 0.1) is 23.5 Å².